The lowest BCUT2D eigenvalue weighted by atomic mass is 9.90. The summed E-state index contributed by atoms with van der Waals surface area (Å²) in [5.74, 6) is -1.62. The van der Waals surface area contributed by atoms with E-state index in [-0.39, 0.29) is 23.7 Å². The molecule has 1 aliphatic carbocycles. The molecule has 0 aliphatic heterocycles. The molecule has 0 amide bonds. The van der Waals surface area contributed by atoms with Gasteiger partial charge < -0.3 is 9.47 Å². The van der Waals surface area contributed by atoms with Gasteiger partial charge in [-0.05, 0) is 61.1 Å². The summed E-state index contributed by atoms with van der Waals surface area (Å²) in [5.41, 5.74) is 3.06. The van der Waals surface area contributed by atoms with Gasteiger partial charge in [-0.2, -0.15) is 0 Å². The van der Waals surface area contributed by atoms with Gasteiger partial charge in [-0.1, -0.05) is 12.1 Å². The lowest BCUT2D eigenvalue weighted by Gasteiger charge is -2.16. The highest BCUT2D eigenvalue weighted by atomic mass is 19.1. The molecule has 0 fully saturated rings. The number of ketones is 1. The summed E-state index contributed by atoms with van der Waals surface area (Å²) in [6, 6.07) is 9.41. The number of rotatable bonds is 5. The van der Waals surface area contributed by atoms with Crippen molar-refractivity contribution < 1.29 is 23.5 Å². The Morgan fingerprint density at radius 3 is 2.44 bits per heavy atom. The molecule has 0 N–H and O–H groups in total. The van der Waals surface area contributed by atoms with Crippen LogP contribution < -0.4 is 4.74 Å². The zero-order chi connectivity index (χ0) is 17.8. The minimum absolute atomic E-state index is 0.0385. The number of hydrogen-bond donors (Lipinski definition) is 0. The van der Waals surface area contributed by atoms with Crippen LogP contribution in [0, 0.1) is 5.82 Å². The van der Waals surface area contributed by atoms with E-state index in [0.29, 0.717) is 5.56 Å². The van der Waals surface area contributed by atoms with Gasteiger partial charge in [0.2, 0.25) is 0 Å². The van der Waals surface area contributed by atoms with E-state index >= 15 is 0 Å². The summed E-state index contributed by atoms with van der Waals surface area (Å²) in [6.45, 7) is -0.370. The number of esters is 1. The topological polar surface area (TPSA) is 52.6 Å². The van der Waals surface area contributed by atoms with Gasteiger partial charge in [-0.25, -0.2) is 9.18 Å². The summed E-state index contributed by atoms with van der Waals surface area (Å²) >= 11 is 0. The van der Waals surface area contributed by atoms with Crippen molar-refractivity contribution in [1.29, 1.82) is 0 Å². The fourth-order valence-electron chi connectivity index (χ4n) is 3.00. The SMILES string of the molecule is COc1ccc(C(=O)OCC(=O)c2ccc3c(c2)CCCC3)cc1F. The fraction of sp³-hybridized carbons (Fsp3) is 0.300. The number of methoxy groups -OCH3 is 1. The Labute approximate surface area is 145 Å². The number of ether oxygens (including phenoxy) is 2. The first-order chi connectivity index (χ1) is 12.1. The smallest absolute Gasteiger partial charge is 0.338 e. The standard InChI is InChI=1S/C20H19FO4/c1-24-19-9-8-16(11-17(19)21)20(23)25-12-18(22)15-7-6-13-4-2-3-5-14(13)10-15/h6-11H,2-5,12H2,1H3. The quantitative estimate of drug-likeness (QED) is 0.613. The van der Waals surface area contributed by atoms with Crippen LogP contribution in [0.2, 0.25) is 0 Å². The average molecular weight is 342 g/mol. The van der Waals surface area contributed by atoms with Crippen molar-refractivity contribution in [1.82, 2.24) is 0 Å². The third-order valence-corrected chi connectivity index (χ3v) is 4.39. The second kappa shape index (κ2) is 7.47. The van der Waals surface area contributed by atoms with Crippen LogP contribution in [0.5, 0.6) is 5.75 Å². The molecule has 3 rings (SSSR count). The van der Waals surface area contributed by atoms with E-state index in [0.717, 1.165) is 25.3 Å². The molecule has 25 heavy (non-hydrogen) atoms. The van der Waals surface area contributed by atoms with Crippen LogP contribution >= 0.6 is 0 Å². The van der Waals surface area contributed by atoms with Crippen molar-refractivity contribution in [3.8, 4) is 5.75 Å². The molecule has 5 heteroatoms. The Hall–Kier alpha value is -2.69. The Balaban J connectivity index is 1.64. The van der Waals surface area contributed by atoms with Gasteiger partial charge in [-0.3, -0.25) is 4.79 Å². The van der Waals surface area contributed by atoms with E-state index in [9.17, 15) is 14.0 Å². The second-order valence-corrected chi connectivity index (χ2v) is 6.04. The molecular formula is C20H19FO4. The summed E-state index contributed by atoms with van der Waals surface area (Å²) in [4.78, 5) is 24.2. The molecule has 2 aromatic carbocycles. The Morgan fingerprint density at radius 1 is 1.00 bits per heavy atom. The molecule has 0 saturated carbocycles. The van der Waals surface area contributed by atoms with Gasteiger partial charge in [0.1, 0.15) is 0 Å². The number of halogens is 1. The molecule has 4 nitrogen and oxygen atoms in total. The molecule has 0 atom stereocenters. The van der Waals surface area contributed by atoms with Crippen LogP contribution in [0.1, 0.15) is 44.7 Å². The maximum absolute atomic E-state index is 13.6. The number of Topliss-reactive ketones (excluding diaryl/α,β-unsaturated/α-hetero) is 1. The first kappa shape index (κ1) is 17.1. The predicted octanol–water partition coefficient (Wildman–Crippen LogP) is 3.75. The van der Waals surface area contributed by atoms with E-state index in [4.69, 9.17) is 9.47 Å². The lowest BCUT2D eigenvalue weighted by molar-refractivity contribution is 0.0474. The number of carbonyl (C=O) groups excluding carboxylic acids is 2. The number of carbonyl (C=O) groups is 2. The maximum atomic E-state index is 13.6. The molecule has 2 aromatic rings. The molecule has 0 aromatic heterocycles. The Bertz CT molecular complexity index is 813. The van der Waals surface area contributed by atoms with Gasteiger partial charge >= 0.3 is 5.97 Å². The number of fused-ring (bicyclic) bond motifs is 1. The average Bonchev–Trinajstić information content (AvgIpc) is 2.65. The van der Waals surface area contributed by atoms with Crippen LogP contribution in [0.4, 0.5) is 4.39 Å². The maximum Gasteiger partial charge on any atom is 0.338 e. The Kier molecular flexibility index (Phi) is 5.12. The summed E-state index contributed by atoms with van der Waals surface area (Å²) in [6.07, 6.45) is 4.32. The van der Waals surface area contributed by atoms with Crippen molar-refractivity contribution >= 4 is 11.8 Å². The van der Waals surface area contributed by atoms with Gasteiger partial charge in [0, 0.05) is 5.56 Å². The minimum atomic E-state index is -0.743. The lowest BCUT2D eigenvalue weighted by Crippen LogP contribution is -2.15. The van der Waals surface area contributed by atoms with E-state index in [1.165, 1.54) is 36.8 Å². The van der Waals surface area contributed by atoms with Crippen LogP contribution in [-0.2, 0) is 17.6 Å². The zero-order valence-corrected chi connectivity index (χ0v) is 14.0. The number of benzene rings is 2. The Morgan fingerprint density at radius 2 is 1.72 bits per heavy atom. The van der Waals surface area contributed by atoms with Crippen LogP contribution in [0.25, 0.3) is 0 Å². The molecule has 0 saturated heterocycles. The highest BCUT2D eigenvalue weighted by molar-refractivity contribution is 5.99. The summed E-state index contributed by atoms with van der Waals surface area (Å²) in [5, 5.41) is 0. The largest absolute Gasteiger partial charge is 0.494 e. The van der Waals surface area contributed by atoms with Crippen molar-refractivity contribution in [2.45, 2.75) is 25.7 Å². The van der Waals surface area contributed by atoms with Gasteiger partial charge in [0.25, 0.3) is 0 Å². The first-order valence-electron chi connectivity index (χ1n) is 8.24. The molecule has 0 bridgehead atoms. The van der Waals surface area contributed by atoms with Crippen molar-refractivity contribution in [2.75, 3.05) is 13.7 Å². The van der Waals surface area contributed by atoms with Crippen LogP contribution in [0.3, 0.4) is 0 Å². The van der Waals surface area contributed by atoms with E-state index < -0.39 is 11.8 Å². The number of aryl methyl sites for hydroxylation is 2. The minimum Gasteiger partial charge on any atom is -0.494 e. The van der Waals surface area contributed by atoms with Crippen molar-refractivity contribution in [3.63, 3.8) is 0 Å². The molecule has 0 radical (unpaired) electrons. The van der Waals surface area contributed by atoms with Gasteiger partial charge in [-0.15, -0.1) is 0 Å². The van der Waals surface area contributed by atoms with Gasteiger partial charge in [0.15, 0.2) is 24.0 Å². The van der Waals surface area contributed by atoms with E-state index in [2.05, 4.69) is 0 Å². The van der Waals surface area contributed by atoms with E-state index in [1.54, 1.807) is 6.07 Å². The summed E-state index contributed by atoms with van der Waals surface area (Å²) in [7, 11) is 1.34. The van der Waals surface area contributed by atoms with Crippen molar-refractivity contribution in [3.05, 3.63) is 64.5 Å². The highest BCUT2D eigenvalue weighted by Crippen LogP contribution is 2.22. The molecule has 0 spiro atoms. The second-order valence-electron chi connectivity index (χ2n) is 6.04. The first-order valence-corrected chi connectivity index (χ1v) is 8.24. The number of hydrogen-bond acceptors (Lipinski definition) is 4. The van der Waals surface area contributed by atoms with Gasteiger partial charge in [0.05, 0.1) is 12.7 Å². The zero-order valence-electron chi connectivity index (χ0n) is 14.0. The molecule has 130 valence electrons. The highest BCUT2D eigenvalue weighted by Gasteiger charge is 2.16. The third-order valence-electron chi connectivity index (χ3n) is 4.39. The monoisotopic (exact) mass is 342 g/mol. The molecule has 1 aliphatic rings. The molecule has 0 unspecified atom stereocenters. The molecular weight excluding hydrogens is 323 g/mol. The fourth-order valence-corrected chi connectivity index (χ4v) is 3.00. The van der Waals surface area contributed by atoms with Crippen LogP contribution in [-0.4, -0.2) is 25.5 Å². The van der Waals surface area contributed by atoms with Crippen molar-refractivity contribution in [2.24, 2.45) is 0 Å². The third kappa shape index (κ3) is 3.87. The van der Waals surface area contributed by atoms with E-state index in [1.807, 2.05) is 12.1 Å². The predicted molar refractivity (Wildman–Crippen MR) is 90.6 cm³/mol. The van der Waals surface area contributed by atoms with Crippen LogP contribution in [0.15, 0.2) is 36.4 Å². The molecule has 0 heterocycles. The normalized spacial score (nSPS) is 13.0. The summed E-state index contributed by atoms with van der Waals surface area (Å²) < 4.78 is 23.5.